The maximum absolute atomic E-state index is 15.4. The third kappa shape index (κ3) is 3.54. The maximum Gasteiger partial charge on any atom is 0.198 e. The molecule has 11 heteroatoms. The number of nitrogens with one attached hydrogen (secondary N) is 1. The molecule has 0 spiro atoms. The van der Waals surface area contributed by atoms with E-state index in [0.29, 0.717) is 23.5 Å². The fourth-order valence-corrected chi connectivity index (χ4v) is 5.17. The molecule has 9 nitrogen and oxygen atoms in total. The number of alkyl halides is 1. The van der Waals surface area contributed by atoms with Crippen molar-refractivity contribution in [2.75, 3.05) is 11.9 Å². The van der Waals surface area contributed by atoms with Crippen molar-refractivity contribution < 1.29 is 13.9 Å². The Morgan fingerprint density at radius 3 is 2.74 bits per heavy atom. The summed E-state index contributed by atoms with van der Waals surface area (Å²) in [6, 6.07) is 5.81. The van der Waals surface area contributed by atoms with Crippen molar-refractivity contribution in [1.82, 2.24) is 30.3 Å². The molecule has 3 aromatic rings. The van der Waals surface area contributed by atoms with Crippen molar-refractivity contribution in [3.63, 3.8) is 0 Å². The first-order valence-electron chi connectivity index (χ1n) is 11.0. The van der Waals surface area contributed by atoms with Crippen LogP contribution in [-0.4, -0.2) is 60.4 Å². The van der Waals surface area contributed by atoms with Gasteiger partial charge in [-0.1, -0.05) is 0 Å². The number of aromatic hydroxyl groups is 1. The quantitative estimate of drug-likeness (QED) is 0.603. The number of phenolic OH excluding ortho intramolecular Hbond substituents is 1. The summed E-state index contributed by atoms with van der Waals surface area (Å²) in [5.74, 6) is -0.281. The van der Waals surface area contributed by atoms with Crippen molar-refractivity contribution in [3.8, 4) is 28.9 Å². The molecule has 4 heterocycles. The molecule has 4 atom stereocenters. The van der Waals surface area contributed by atoms with E-state index in [0.717, 1.165) is 23.7 Å². The van der Waals surface area contributed by atoms with Gasteiger partial charge in [0.1, 0.15) is 18.0 Å². The topological polar surface area (TPSA) is 116 Å². The van der Waals surface area contributed by atoms with Gasteiger partial charge in [-0.25, -0.2) is 18.4 Å². The van der Waals surface area contributed by atoms with Gasteiger partial charge in [0.15, 0.2) is 23.2 Å². The molecule has 176 valence electrons. The van der Waals surface area contributed by atoms with Gasteiger partial charge in [-0.05, 0) is 45.2 Å². The van der Waals surface area contributed by atoms with Crippen LogP contribution in [0.15, 0.2) is 30.6 Å². The Hall–Kier alpha value is -3.65. The molecule has 2 aliphatic heterocycles. The third-order valence-electron chi connectivity index (χ3n) is 7.06. The largest absolute Gasteiger partial charge is 0.507 e. The summed E-state index contributed by atoms with van der Waals surface area (Å²) in [6.07, 6.45) is 3.86. The second kappa shape index (κ2) is 7.70. The summed E-state index contributed by atoms with van der Waals surface area (Å²) in [6.45, 7) is 4.06. The van der Waals surface area contributed by atoms with E-state index >= 15 is 4.39 Å². The summed E-state index contributed by atoms with van der Waals surface area (Å²) < 4.78 is 30.2. The Morgan fingerprint density at radius 2 is 2.09 bits per heavy atom. The summed E-state index contributed by atoms with van der Waals surface area (Å²) in [4.78, 5) is 6.12. The number of rotatable bonds is 4. The van der Waals surface area contributed by atoms with E-state index in [4.69, 9.17) is 5.26 Å². The number of phenols is 1. The Bertz CT molecular complexity index is 1290. The van der Waals surface area contributed by atoms with E-state index in [-0.39, 0.29) is 28.8 Å². The molecule has 2 aromatic heterocycles. The molecule has 2 fully saturated rings. The highest BCUT2D eigenvalue weighted by Gasteiger charge is 2.56. The van der Waals surface area contributed by atoms with Gasteiger partial charge in [0.25, 0.3) is 0 Å². The molecule has 2 aliphatic rings. The van der Waals surface area contributed by atoms with E-state index < -0.39 is 17.5 Å². The minimum atomic E-state index is -1.07. The highest BCUT2D eigenvalue weighted by molar-refractivity contribution is 5.66. The maximum atomic E-state index is 15.4. The molecular weight excluding hydrogens is 442 g/mol. The number of nitrogens with zero attached hydrogens (tertiary/aromatic N) is 7. The van der Waals surface area contributed by atoms with Gasteiger partial charge in [0.05, 0.1) is 29.7 Å². The zero-order valence-corrected chi connectivity index (χ0v) is 19.0. The van der Waals surface area contributed by atoms with Crippen molar-refractivity contribution in [2.24, 2.45) is 0 Å². The minimum absolute atomic E-state index is 0.115. The lowest BCUT2D eigenvalue weighted by Crippen LogP contribution is -2.65. The third-order valence-corrected chi connectivity index (χ3v) is 7.06. The van der Waals surface area contributed by atoms with Crippen LogP contribution < -0.4 is 10.2 Å². The van der Waals surface area contributed by atoms with Crippen LogP contribution in [0, 0.1) is 17.1 Å². The second-order valence-electron chi connectivity index (χ2n) is 9.61. The number of hydrogen-bond acceptors (Lipinski definition) is 8. The molecule has 2 saturated heterocycles. The summed E-state index contributed by atoms with van der Waals surface area (Å²) in [5.41, 5.74) is -0.331. The van der Waals surface area contributed by atoms with Gasteiger partial charge >= 0.3 is 0 Å². The van der Waals surface area contributed by atoms with Crippen LogP contribution in [0.25, 0.3) is 17.1 Å². The van der Waals surface area contributed by atoms with E-state index in [1.54, 1.807) is 30.1 Å². The second-order valence-corrected chi connectivity index (χ2v) is 9.61. The minimum Gasteiger partial charge on any atom is -0.507 e. The Kier molecular flexibility index (Phi) is 5.02. The lowest BCUT2D eigenvalue weighted by Gasteiger charge is -2.47. The summed E-state index contributed by atoms with van der Waals surface area (Å²) in [7, 11) is 1.80. The van der Waals surface area contributed by atoms with E-state index in [2.05, 4.69) is 32.5 Å². The Morgan fingerprint density at radius 1 is 1.29 bits per heavy atom. The van der Waals surface area contributed by atoms with Crippen LogP contribution in [0.4, 0.5) is 14.6 Å². The lowest BCUT2D eigenvalue weighted by atomic mass is 9.82. The highest BCUT2D eigenvalue weighted by atomic mass is 19.1. The standard InChI is InChI=1S/C23H24F2N8O/c1-22-6-7-23(2,31-22)20(25)17(9-22)32(3)19-11-27-21(29-28-19)14-5-4-13(8-18(14)34)33-12-15(24)16(10-26)30-33/h4-5,8,11-12,17,20,31,34H,6-7,9H2,1-3H3/t17-,20-,22-,23+/m0/s1. The van der Waals surface area contributed by atoms with E-state index in [1.807, 2.05) is 6.92 Å². The number of anilines is 1. The molecule has 0 saturated carbocycles. The predicted octanol–water partition coefficient (Wildman–Crippen LogP) is 2.89. The van der Waals surface area contributed by atoms with E-state index in [1.165, 1.54) is 12.3 Å². The Balaban J connectivity index is 1.37. The molecule has 0 unspecified atom stereocenters. The van der Waals surface area contributed by atoms with Crippen molar-refractivity contribution in [1.29, 1.82) is 5.26 Å². The van der Waals surface area contributed by atoms with Crippen LogP contribution in [-0.2, 0) is 0 Å². The van der Waals surface area contributed by atoms with Crippen molar-refractivity contribution in [2.45, 2.75) is 56.4 Å². The molecule has 2 N–H and O–H groups in total. The smallest absolute Gasteiger partial charge is 0.198 e. The number of nitriles is 1. The summed E-state index contributed by atoms with van der Waals surface area (Å²) in [5, 5.41) is 35.1. The highest BCUT2D eigenvalue weighted by Crippen LogP contribution is 2.45. The Labute approximate surface area is 195 Å². The lowest BCUT2D eigenvalue weighted by molar-refractivity contribution is 0.0859. The molecule has 0 aliphatic carbocycles. The van der Waals surface area contributed by atoms with Gasteiger partial charge < -0.3 is 15.3 Å². The van der Waals surface area contributed by atoms with Gasteiger partial charge in [-0.15, -0.1) is 10.2 Å². The molecule has 1 aromatic carbocycles. The van der Waals surface area contributed by atoms with Crippen molar-refractivity contribution >= 4 is 5.82 Å². The number of fused-ring (bicyclic) bond motifs is 2. The van der Waals surface area contributed by atoms with Crippen LogP contribution in [0.5, 0.6) is 5.75 Å². The number of piperidine rings is 1. The van der Waals surface area contributed by atoms with Crippen LogP contribution in [0.1, 0.15) is 38.8 Å². The molecule has 2 bridgehead atoms. The normalized spacial score (nSPS) is 28.0. The first-order chi connectivity index (χ1) is 16.1. The first-order valence-corrected chi connectivity index (χ1v) is 11.0. The van der Waals surface area contributed by atoms with Crippen LogP contribution in [0.3, 0.4) is 0 Å². The van der Waals surface area contributed by atoms with Gasteiger partial charge in [0.2, 0.25) is 0 Å². The average Bonchev–Trinajstić information content (AvgIpc) is 3.33. The van der Waals surface area contributed by atoms with Crippen molar-refractivity contribution in [3.05, 3.63) is 42.1 Å². The van der Waals surface area contributed by atoms with Crippen LogP contribution >= 0.6 is 0 Å². The number of hydrogen-bond donors (Lipinski definition) is 2. The molecule has 0 amide bonds. The number of aromatic nitrogens is 5. The fourth-order valence-electron chi connectivity index (χ4n) is 5.17. The average molecular weight is 466 g/mol. The zero-order valence-electron chi connectivity index (χ0n) is 19.0. The number of halogens is 2. The molecule has 34 heavy (non-hydrogen) atoms. The summed E-state index contributed by atoms with van der Waals surface area (Å²) >= 11 is 0. The monoisotopic (exact) mass is 466 g/mol. The fraction of sp³-hybridized carbons (Fsp3) is 0.435. The van der Waals surface area contributed by atoms with Gasteiger partial charge in [-0.2, -0.15) is 10.4 Å². The molecule has 5 rings (SSSR count). The molecule has 0 radical (unpaired) electrons. The SMILES string of the molecule is CN(c1cnc(-c2ccc(-n3cc(F)c(C#N)n3)cc2O)nn1)[C@H]1C[C@]2(C)CC[C@@](C)(N2)[C@H]1F. The zero-order chi connectivity index (χ0) is 24.3. The van der Waals surface area contributed by atoms with Crippen LogP contribution in [0.2, 0.25) is 0 Å². The predicted molar refractivity (Wildman–Crippen MR) is 120 cm³/mol. The van der Waals surface area contributed by atoms with Gasteiger partial charge in [-0.3, -0.25) is 0 Å². The first kappa shape index (κ1) is 22.2. The van der Waals surface area contributed by atoms with Gasteiger partial charge in [0, 0.05) is 24.2 Å². The number of benzene rings is 1. The van der Waals surface area contributed by atoms with E-state index in [9.17, 15) is 9.50 Å². The molecular formula is C23H24F2N8O.